The van der Waals surface area contributed by atoms with Crippen molar-refractivity contribution in [3.05, 3.63) is 60.2 Å². The smallest absolute Gasteiger partial charge is 0.319 e. The van der Waals surface area contributed by atoms with Gasteiger partial charge in [0, 0.05) is 33.7 Å². The first-order valence-electron chi connectivity index (χ1n) is 7.69. The van der Waals surface area contributed by atoms with Crippen molar-refractivity contribution in [3.63, 3.8) is 0 Å². The van der Waals surface area contributed by atoms with Crippen LogP contribution in [0.3, 0.4) is 0 Å². The molecule has 0 aliphatic carbocycles. The van der Waals surface area contributed by atoms with Crippen LogP contribution in [-0.2, 0) is 10.8 Å². The van der Waals surface area contributed by atoms with Crippen molar-refractivity contribution in [2.75, 3.05) is 11.6 Å². The molecule has 0 heterocycles. The molecular weight excluding hydrogens is 324 g/mol. The largest absolute Gasteiger partial charge is 0.388 e. The van der Waals surface area contributed by atoms with Crippen LogP contribution < -0.4 is 10.6 Å². The summed E-state index contributed by atoms with van der Waals surface area (Å²) >= 11 is 0. The molecule has 0 saturated heterocycles. The summed E-state index contributed by atoms with van der Waals surface area (Å²) in [6, 6.07) is 15.7. The third-order valence-corrected chi connectivity index (χ3v) is 4.52. The topological polar surface area (TPSA) is 78.4 Å². The molecule has 0 saturated carbocycles. The van der Waals surface area contributed by atoms with Gasteiger partial charge in [-0.05, 0) is 43.2 Å². The summed E-state index contributed by atoms with van der Waals surface area (Å²) in [5.74, 6) is 0. The summed E-state index contributed by atoms with van der Waals surface area (Å²) in [5.41, 5.74) is 1.45. The van der Waals surface area contributed by atoms with Gasteiger partial charge in [-0.3, -0.25) is 4.21 Å². The normalized spacial score (nSPS) is 14.5. The summed E-state index contributed by atoms with van der Waals surface area (Å²) in [6.07, 6.45) is 1.40. The third-order valence-electron chi connectivity index (χ3n) is 3.58. The maximum atomic E-state index is 12.0. The summed E-state index contributed by atoms with van der Waals surface area (Å²) in [7, 11) is -1.04. The van der Waals surface area contributed by atoms with Gasteiger partial charge in [-0.25, -0.2) is 4.79 Å². The molecule has 6 heteroatoms. The van der Waals surface area contributed by atoms with Crippen LogP contribution in [0.4, 0.5) is 10.5 Å². The second-order valence-corrected chi connectivity index (χ2v) is 7.02. The van der Waals surface area contributed by atoms with Crippen LogP contribution in [0.1, 0.15) is 25.0 Å². The van der Waals surface area contributed by atoms with E-state index in [1.54, 1.807) is 30.5 Å². The van der Waals surface area contributed by atoms with Crippen LogP contribution in [0.5, 0.6) is 0 Å². The maximum Gasteiger partial charge on any atom is 0.319 e. The summed E-state index contributed by atoms with van der Waals surface area (Å²) in [6.45, 7) is 1.84. The van der Waals surface area contributed by atoms with Crippen molar-refractivity contribution < 1.29 is 14.1 Å². The summed E-state index contributed by atoms with van der Waals surface area (Å²) in [4.78, 5) is 12.7. The highest BCUT2D eigenvalue weighted by Gasteiger charge is 2.14. The van der Waals surface area contributed by atoms with E-state index in [1.807, 2.05) is 37.3 Å². The van der Waals surface area contributed by atoms with Gasteiger partial charge in [-0.1, -0.05) is 30.3 Å². The molecule has 2 amide bonds. The van der Waals surface area contributed by atoms with E-state index in [0.29, 0.717) is 17.0 Å². The standard InChI is InChI=1S/C18H22N2O3S/c1-13(12-17(21)14-6-4-3-5-7-14)19-18(22)20-15-8-10-16(11-9-15)24(2)23/h3-11,13,17,21H,12H2,1-2H3,(H2,19,20,22)/t13-,17-,24+/m1/s1. The second-order valence-electron chi connectivity index (χ2n) is 5.64. The monoisotopic (exact) mass is 346 g/mol. The molecule has 3 atom stereocenters. The van der Waals surface area contributed by atoms with E-state index in [4.69, 9.17) is 0 Å². The number of nitrogens with one attached hydrogen (secondary N) is 2. The molecule has 128 valence electrons. The molecule has 0 fully saturated rings. The Balaban J connectivity index is 1.84. The van der Waals surface area contributed by atoms with E-state index in [2.05, 4.69) is 10.6 Å². The number of hydrogen-bond acceptors (Lipinski definition) is 3. The number of aliphatic hydroxyl groups is 1. The summed E-state index contributed by atoms with van der Waals surface area (Å²) in [5, 5.41) is 15.7. The van der Waals surface area contributed by atoms with Gasteiger partial charge >= 0.3 is 6.03 Å². The van der Waals surface area contributed by atoms with Gasteiger partial charge in [0.15, 0.2) is 0 Å². The fourth-order valence-electron chi connectivity index (χ4n) is 2.33. The minimum Gasteiger partial charge on any atom is -0.388 e. The first kappa shape index (κ1) is 18.2. The van der Waals surface area contributed by atoms with Crippen LogP contribution in [0.2, 0.25) is 0 Å². The average molecular weight is 346 g/mol. The third kappa shape index (κ3) is 5.47. The van der Waals surface area contributed by atoms with Crippen LogP contribution >= 0.6 is 0 Å². The first-order chi connectivity index (χ1) is 11.5. The quantitative estimate of drug-likeness (QED) is 0.752. The van der Waals surface area contributed by atoms with Crippen LogP contribution in [-0.4, -0.2) is 27.6 Å². The number of rotatable bonds is 6. The minimum absolute atomic E-state index is 0.192. The molecule has 3 N–H and O–H groups in total. The van der Waals surface area contributed by atoms with Gasteiger partial charge in [0.2, 0.25) is 0 Å². The molecule has 2 rings (SSSR count). The highest BCUT2D eigenvalue weighted by Crippen LogP contribution is 2.18. The number of aliphatic hydroxyl groups excluding tert-OH is 1. The Morgan fingerprint density at radius 3 is 2.33 bits per heavy atom. The highest BCUT2D eigenvalue weighted by atomic mass is 32.2. The fraction of sp³-hybridized carbons (Fsp3) is 0.278. The number of benzene rings is 2. The Morgan fingerprint density at radius 2 is 1.75 bits per heavy atom. The Kier molecular flexibility index (Phi) is 6.52. The van der Waals surface area contributed by atoms with E-state index in [0.717, 1.165) is 5.56 Å². The van der Waals surface area contributed by atoms with Crippen molar-refractivity contribution in [2.24, 2.45) is 0 Å². The molecule has 2 aromatic rings. The lowest BCUT2D eigenvalue weighted by Gasteiger charge is -2.18. The fourth-order valence-corrected chi connectivity index (χ4v) is 2.85. The molecule has 0 aliphatic rings. The Morgan fingerprint density at radius 1 is 1.12 bits per heavy atom. The molecule has 0 spiro atoms. The number of hydrogen-bond donors (Lipinski definition) is 3. The Bertz CT molecular complexity index is 689. The van der Waals surface area contributed by atoms with E-state index >= 15 is 0 Å². The highest BCUT2D eigenvalue weighted by molar-refractivity contribution is 7.84. The first-order valence-corrected chi connectivity index (χ1v) is 9.25. The van der Waals surface area contributed by atoms with Gasteiger partial charge in [0.05, 0.1) is 6.10 Å². The van der Waals surface area contributed by atoms with Crippen LogP contribution in [0, 0.1) is 0 Å². The van der Waals surface area contributed by atoms with E-state index in [9.17, 15) is 14.1 Å². The number of anilines is 1. The number of urea groups is 1. The van der Waals surface area contributed by atoms with E-state index in [1.165, 1.54) is 0 Å². The van der Waals surface area contributed by atoms with Gasteiger partial charge in [0.1, 0.15) is 0 Å². The maximum absolute atomic E-state index is 12.0. The van der Waals surface area contributed by atoms with E-state index in [-0.39, 0.29) is 12.1 Å². The van der Waals surface area contributed by atoms with Crippen LogP contribution in [0.15, 0.2) is 59.5 Å². The molecular formula is C18H22N2O3S. The Hall–Kier alpha value is -2.18. The lowest BCUT2D eigenvalue weighted by Crippen LogP contribution is -2.37. The van der Waals surface area contributed by atoms with Gasteiger partial charge < -0.3 is 15.7 Å². The van der Waals surface area contributed by atoms with Crippen molar-refractivity contribution in [1.29, 1.82) is 0 Å². The molecule has 0 aliphatic heterocycles. The zero-order chi connectivity index (χ0) is 17.5. The van der Waals surface area contributed by atoms with Crippen molar-refractivity contribution in [3.8, 4) is 0 Å². The number of carbonyl (C=O) groups excluding carboxylic acids is 1. The van der Waals surface area contributed by atoms with Gasteiger partial charge in [-0.2, -0.15) is 0 Å². The van der Waals surface area contributed by atoms with Crippen molar-refractivity contribution in [2.45, 2.75) is 30.4 Å². The molecule has 5 nitrogen and oxygen atoms in total. The molecule has 0 bridgehead atoms. The molecule has 2 aromatic carbocycles. The lowest BCUT2D eigenvalue weighted by atomic mass is 10.0. The zero-order valence-electron chi connectivity index (χ0n) is 13.7. The zero-order valence-corrected chi connectivity index (χ0v) is 14.5. The SMILES string of the molecule is C[C@H](C[C@@H](O)c1ccccc1)NC(=O)Nc1ccc([S@](C)=O)cc1. The van der Waals surface area contributed by atoms with Gasteiger partial charge in [0.25, 0.3) is 0 Å². The lowest BCUT2D eigenvalue weighted by molar-refractivity contribution is 0.155. The average Bonchev–Trinajstić information content (AvgIpc) is 2.55. The van der Waals surface area contributed by atoms with Crippen molar-refractivity contribution in [1.82, 2.24) is 5.32 Å². The minimum atomic E-state index is -1.04. The number of amides is 2. The second kappa shape index (κ2) is 8.61. The van der Waals surface area contributed by atoms with Gasteiger partial charge in [-0.15, -0.1) is 0 Å². The number of carbonyl (C=O) groups is 1. The van der Waals surface area contributed by atoms with Crippen LogP contribution in [0.25, 0.3) is 0 Å². The summed E-state index contributed by atoms with van der Waals surface area (Å²) < 4.78 is 11.3. The molecule has 24 heavy (non-hydrogen) atoms. The molecule has 0 unspecified atom stereocenters. The molecule has 0 radical (unpaired) electrons. The predicted octanol–water partition coefficient (Wildman–Crippen LogP) is 3.06. The molecule has 0 aromatic heterocycles. The van der Waals surface area contributed by atoms with E-state index < -0.39 is 16.9 Å². The predicted molar refractivity (Wildman–Crippen MR) is 96.4 cm³/mol. The Labute approximate surface area is 144 Å². The van der Waals surface area contributed by atoms with Crippen molar-refractivity contribution >= 4 is 22.5 Å².